The van der Waals surface area contributed by atoms with E-state index in [1.165, 1.54) is 10.9 Å². The SMILES string of the molecule is C[C@H]1CCc2c(sc3c2C(=O)N[C@H](c2ccc(-c4cccc(C(F)(F)F)c4)o2)N3)C1. The van der Waals surface area contributed by atoms with E-state index in [2.05, 4.69) is 17.6 Å². The van der Waals surface area contributed by atoms with Gasteiger partial charge in [0.05, 0.1) is 11.1 Å². The number of carbonyl (C=O) groups is 1. The van der Waals surface area contributed by atoms with Crippen molar-refractivity contribution >= 4 is 22.2 Å². The number of hydrogen-bond acceptors (Lipinski definition) is 4. The van der Waals surface area contributed by atoms with Crippen LogP contribution in [0.25, 0.3) is 11.3 Å². The quantitative estimate of drug-likeness (QED) is 0.522. The highest BCUT2D eigenvalue weighted by molar-refractivity contribution is 7.16. The number of carbonyl (C=O) groups excluding carboxylic acids is 1. The number of hydrogen-bond donors (Lipinski definition) is 2. The van der Waals surface area contributed by atoms with Crippen molar-refractivity contribution in [2.24, 2.45) is 5.92 Å². The van der Waals surface area contributed by atoms with Crippen LogP contribution in [0.1, 0.15) is 51.6 Å². The Morgan fingerprint density at radius 2 is 2.00 bits per heavy atom. The van der Waals surface area contributed by atoms with E-state index in [4.69, 9.17) is 4.42 Å². The molecule has 2 N–H and O–H groups in total. The molecule has 1 aliphatic carbocycles. The van der Waals surface area contributed by atoms with Crippen LogP contribution in [0.4, 0.5) is 18.2 Å². The van der Waals surface area contributed by atoms with E-state index in [9.17, 15) is 18.0 Å². The van der Waals surface area contributed by atoms with Crippen molar-refractivity contribution in [2.45, 2.75) is 38.5 Å². The number of halogens is 3. The van der Waals surface area contributed by atoms with Crippen molar-refractivity contribution < 1.29 is 22.4 Å². The highest BCUT2D eigenvalue weighted by atomic mass is 32.1. The average molecular weight is 432 g/mol. The van der Waals surface area contributed by atoms with Crippen molar-refractivity contribution in [2.75, 3.05) is 5.32 Å². The number of amides is 1. The molecule has 1 aromatic carbocycles. The van der Waals surface area contributed by atoms with Gasteiger partial charge in [0.25, 0.3) is 5.91 Å². The van der Waals surface area contributed by atoms with E-state index in [0.717, 1.165) is 47.5 Å². The van der Waals surface area contributed by atoms with Crippen LogP contribution in [-0.2, 0) is 19.0 Å². The van der Waals surface area contributed by atoms with Crippen LogP contribution in [-0.4, -0.2) is 5.91 Å². The Hall–Kier alpha value is -2.74. The van der Waals surface area contributed by atoms with Crippen LogP contribution in [0.15, 0.2) is 40.8 Å². The number of thiophene rings is 1. The normalized spacial score (nSPS) is 20.9. The van der Waals surface area contributed by atoms with Crippen LogP contribution in [0.2, 0.25) is 0 Å². The zero-order valence-electron chi connectivity index (χ0n) is 16.1. The van der Waals surface area contributed by atoms with Gasteiger partial charge in [-0.15, -0.1) is 11.3 Å². The van der Waals surface area contributed by atoms with Crippen molar-refractivity contribution in [1.29, 1.82) is 0 Å². The third-order valence-electron chi connectivity index (χ3n) is 5.68. The lowest BCUT2D eigenvalue weighted by Gasteiger charge is -2.25. The van der Waals surface area contributed by atoms with E-state index in [1.807, 2.05) is 0 Å². The fraction of sp³-hybridized carbons (Fsp3) is 0.318. The summed E-state index contributed by atoms with van der Waals surface area (Å²) in [5, 5.41) is 7.08. The largest absolute Gasteiger partial charge is 0.457 e. The van der Waals surface area contributed by atoms with Gasteiger partial charge in [0.2, 0.25) is 0 Å². The molecule has 30 heavy (non-hydrogen) atoms. The smallest absolute Gasteiger partial charge is 0.416 e. The summed E-state index contributed by atoms with van der Waals surface area (Å²) < 4.78 is 44.8. The van der Waals surface area contributed by atoms with E-state index >= 15 is 0 Å². The number of nitrogens with one attached hydrogen (secondary N) is 2. The summed E-state index contributed by atoms with van der Waals surface area (Å²) in [6.45, 7) is 2.22. The van der Waals surface area contributed by atoms with Crippen molar-refractivity contribution in [1.82, 2.24) is 5.32 Å². The van der Waals surface area contributed by atoms with Gasteiger partial charge in [-0.1, -0.05) is 19.1 Å². The minimum Gasteiger partial charge on any atom is -0.457 e. The second-order valence-electron chi connectivity index (χ2n) is 7.89. The molecule has 8 heteroatoms. The van der Waals surface area contributed by atoms with Gasteiger partial charge in [-0.2, -0.15) is 13.2 Å². The summed E-state index contributed by atoms with van der Waals surface area (Å²) in [5.74, 6) is 1.23. The highest BCUT2D eigenvalue weighted by Gasteiger charge is 2.34. The van der Waals surface area contributed by atoms with Gasteiger partial charge in [-0.3, -0.25) is 4.79 Å². The Balaban J connectivity index is 1.42. The first kappa shape index (κ1) is 19.2. The van der Waals surface area contributed by atoms with Gasteiger partial charge >= 0.3 is 6.18 Å². The lowest BCUT2D eigenvalue weighted by molar-refractivity contribution is -0.137. The molecule has 0 saturated carbocycles. The molecule has 1 aliphatic heterocycles. The molecule has 0 saturated heterocycles. The summed E-state index contributed by atoms with van der Waals surface area (Å²) >= 11 is 1.61. The second-order valence-corrected chi connectivity index (χ2v) is 8.99. The molecule has 3 heterocycles. The molecule has 0 radical (unpaired) electrons. The molecule has 2 atom stereocenters. The maximum Gasteiger partial charge on any atom is 0.416 e. The molecule has 0 bridgehead atoms. The van der Waals surface area contributed by atoms with Gasteiger partial charge in [0.1, 0.15) is 16.5 Å². The van der Waals surface area contributed by atoms with Gasteiger partial charge in [-0.25, -0.2) is 0 Å². The second kappa shape index (κ2) is 6.91. The number of benzene rings is 1. The topological polar surface area (TPSA) is 54.3 Å². The molecule has 5 rings (SSSR count). The molecule has 1 amide bonds. The Morgan fingerprint density at radius 3 is 2.80 bits per heavy atom. The maximum atomic E-state index is 13.0. The van der Waals surface area contributed by atoms with Crippen LogP contribution in [0.3, 0.4) is 0 Å². The first-order valence-corrected chi connectivity index (χ1v) is 10.6. The minimum absolute atomic E-state index is 0.141. The molecule has 0 fully saturated rings. The fourth-order valence-corrected chi connectivity index (χ4v) is 5.55. The van der Waals surface area contributed by atoms with Crippen molar-refractivity contribution in [3.8, 4) is 11.3 Å². The third kappa shape index (κ3) is 3.29. The van der Waals surface area contributed by atoms with Gasteiger partial charge < -0.3 is 15.1 Å². The summed E-state index contributed by atoms with van der Waals surface area (Å²) in [7, 11) is 0. The Morgan fingerprint density at radius 1 is 1.17 bits per heavy atom. The minimum atomic E-state index is -4.42. The summed E-state index contributed by atoms with van der Waals surface area (Å²) in [4.78, 5) is 14.1. The summed E-state index contributed by atoms with van der Waals surface area (Å²) in [6, 6.07) is 8.30. The predicted octanol–water partition coefficient (Wildman–Crippen LogP) is 6.01. The molecule has 0 spiro atoms. The molecule has 2 aliphatic rings. The van der Waals surface area contributed by atoms with Crippen LogP contribution in [0, 0.1) is 5.92 Å². The summed E-state index contributed by atoms with van der Waals surface area (Å²) in [6.07, 6.45) is -2.03. The molecule has 3 aromatic rings. The standard InChI is InChI=1S/C22H19F3N2O2S/c1-11-5-6-14-17(9-11)30-21-18(14)20(28)26-19(27-21)16-8-7-15(29-16)12-3-2-4-13(10-12)22(23,24)25/h2-4,7-8,10-11,19,27H,5-6,9H2,1H3,(H,26,28)/t11-,19-/m0/s1. The Kier molecular flexibility index (Phi) is 4.43. The van der Waals surface area contributed by atoms with E-state index in [-0.39, 0.29) is 5.91 Å². The monoisotopic (exact) mass is 432 g/mol. The van der Waals surface area contributed by atoms with Gasteiger partial charge in [-0.05, 0) is 55.0 Å². The van der Waals surface area contributed by atoms with Crippen LogP contribution in [0.5, 0.6) is 0 Å². The highest BCUT2D eigenvalue weighted by Crippen LogP contribution is 2.43. The number of anilines is 1. The molecule has 4 nitrogen and oxygen atoms in total. The lowest BCUT2D eigenvalue weighted by Crippen LogP contribution is -2.38. The van der Waals surface area contributed by atoms with E-state index in [0.29, 0.717) is 23.0 Å². The van der Waals surface area contributed by atoms with Crippen molar-refractivity contribution in [3.63, 3.8) is 0 Å². The molecule has 2 aromatic heterocycles. The number of rotatable bonds is 2. The van der Waals surface area contributed by atoms with Crippen molar-refractivity contribution in [3.05, 3.63) is 63.7 Å². The van der Waals surface area contributed by atoms with Crippen LogP contribution < -0.4 is 10.6 Å². The number of alkyl halides is 3. The zero-order chi connectivity index (χ0) is 21.0. The number of fused-ring (bicyclic) bond motifs is 3. The zero-order valence-corrected chi connectivity index (χ0v) is 16.9. The van der Waals surface area contributed by atoms with E-state index < -0.39 is 17.9 Å². The Labute approximate surface area is 175 Å². The number of furan rings is 1. The summed E-state index contributed by atoms with van der Waals surface area (Å²) in [5.41, 5.74) is 1.47. The lowest BCUT2D eigenvalue weighted by atomic mass is 9.88. The molecular formula is C22H19F3N2O2S. The Bertz CT molecular complexity index is 1130. The molecular weight excluding hydrogens is 413 g/mol. The van der Waals surface area contributed by atoms with Crippen LogP contribution >= 0.6 is 11.3 Å². The first-order valence-electron chi connectivity index (χ1n) is 9.79. The molecule has 0 unspecified atom stereocenters. The first-order chi connectivity index (χ1) is 14.3. The van der Waals surface area contributed by atoms with E-state index in [1.54, 1.807) is 29.5 Å². The predicted molar refractivity (Wildman–Crippen MR) is 108 cm³/mol. The fourth-order valence-electron chi connectivity index (χ4n) is 4.12. The average Bonchev–Trinajstić information content (AvgIpc) is 3.32. The third-order valence-corrected chi connectivity index (χ3v) is 6.86. The maximum absolute atomic E-state index is 13.0. The molecule has 156 valence electrons. The van der Waals surface area contributed by atoms with Gasteiger partial charge in [0, 0.05) is 10.4 Å². The van der Waals surface area contributed by atoms with Gasteiger partial charge in [0.15, 0.2) is 6.17 Å².